The molecule has 0 spiro atoms. The highest BCUT2D eigenvalue weighted by molar-refractivity contribution is 6.41. The Morgan fingerprint density at radius 3 is 1.83 bits per heavy atom. The van der Waals surface area contributed by atoms with E-state index in [2.05, 4.69) is 26.0 Å². The number of nitro groups is 1. The highest BCUT2D eigenvalue weighted by atomic mass is 35.5. The fourth-order valence-corrected chi connectivity index (χ4v) is 3.01. The Labute approximate surface area is 180 Å². The second-order valence-electron chi connectivity index (χ2n) is 5.55. The molecule has 0 aromatic heterocycles. The Balaban J connectivity index is 1.62. The van der Waals surface area contributed by atoms with Crippen LogP contribution in [0.5, 0.6) is 0 Å². The first kappa shape index (κ1) is 20.7. The number of nitrogens with one attached hydrogen (secondary N) is 1. The molecule has 0 bridgehead atoms. The first-order valence-corrected chi connectivity index (χ1v) is 9.13. The van der Waals surface area contributed by atoms with Crippen LogP contribution in [0.25, 0.3) is 0 Å². The average Bonchev–Trinajstić information content (AvgIpc) is 2.69. The molecule has 0 fully saturated rings. The molecular weight excluding hydrogens is 439 g/mol. The van der Waals surface area contributed by atoms with Crippen LogP contribution in [-0.4, -0.2) is 4.92 Å². The normalized spacial score (nSPS) is 11.3. The molecule has 11 heteroatoms. The molecule has 0 saturated heterocycles. The van der Waals surface area contributed by atoms with E-state index >= 15 is 0 Å². The van der Waals surface area contributed by atoms with E-state index in [1.165, 1.54) is 36.4 Å². The lowest BCUT2D eigenvalue weighted by atomic mass is 10.3. The van der Waals surface area contributed by atoms with Gasteiger partial charge in [0.1, 0.15) is 5.69 Å². The number of benzene rings is 3. The molecule has 0 amide bonds. The molecule has 1 N–H and O–H groups in total. The summed E-state index contributed by atoms with van der Waals surface area (Å²) in [5, 5.41) is 27.6. The molecule has 146 valence electrons. The van der Waals surface area contributed by atoms with Gasteiger partial charge in [-0.25, -0.2) is 0 Å². The van der Waals surface area contributed by atoms with Crippen LogP contribution in [0.15, 0.2) is 81.2 Å². The first-order chi connectivity index (χ1) is 13.9. The first-order valence-electron chi connectivity index (χ1n) is 8.00. The summed E-state index contributed by atoms with van der Waals surface area (Å²) in [6.45, 7) is 0. The van der Waals surface area contributed by atoms with Gasteiger partial charge in [0.25, 0.3) is 5.69 Å². The number of hydrogen-bond donors (Lipinski definition) is 1. The molecule has 3 aromatic rings. The van der Waals surface area contributed by atoms with Gasteiger partial charge in [-0.1, -0.05) is 40.0 Å². The van der Waals surface area contributed by atoms with E-state index in [9.17, 15) is 10.1 Å². The molecule has 0 radical (unpaired) electrons. The Morgan fingerprint density at radius 1 is 0.793 bits per heavy atom. The van der Waals surface area contributed by atoms with Crippen molar-refractivity contribution in [1.82, 2.24) is 0 Å². The van der Waals surface area contributed by atoms with Crippen molar-refractivity contribution in [2.24, 2.45) is 20.6 Å². The summed E-state index contributed by atoms with van der Waals surface area (Å²) in [5.74, 6) is 0. The summed E-state index contributed by atoms with van der Waals surface area (Å²) in [6, 6.07) is 15.7. The lowest BCUT2D eigenvalue weighted by Gasteiger charge is -2.02. The Kier molecular flexibility index (Phi) is 6.71. The van der Waals surface area contributed by atoms with Crippen LogP contribution in [0.4, 0.5) is 28.4 Å². The molecule has 0 heterocycles. The summed E-state index contributed by atoms with van der Waals surface area (Å²) >= 11 is 17.9. The summed E-state index contributed by atoms with van der Waals surface area (Å²) < 4.78 is 0. The van der Waals surface area contributed by atoms with E-state index in [4.69, 9.17) is 34.8 Å². The van der Waals surface area contributed by atoms with Crippen LogP contribution in [-0.2, 0) is 0 Å². The molecule has 0 aliphatic carbocycles. The average molecular weight is 450 g/mol. The zero-order chi connectivity index (χ0) is 20.8. The lowest BCUT2D eigenvalue weighted by molar-refractivity contribution is -0.384. The maximum atomic E-state index is 10.6. The highest BCUT2D eigenvalue weighted by Gasteiger charge is 2.07. The standard InChI is InChI=1S/C18H11Cl3N6O2/c19-11-9-16(20)18(17(21)10-11)25-26-24-14-3-1-12(2-4-14)22-23-13-5-7-15(8-6-13)27(28)29/h1-10H,(H,24,25). The zero-order valence-corrected chi connectivity index (χ0v) is 16.7. The number of anilines is 1. The fourth-order valence-electron chi connectivity index (χ4n) is 2.12. The second kappa shape index (κ2) is 9.42. The SMILES string of the molecule is O=[N+]([O-])c1ccc(N=Nc2ccc(NN=Nc3c(Cl)cc(Cl)cc3Cl)cc2)cc1. The van der Waals surface area contributed by atoms with Crippen molar-refractivity contribution in [1.29, 1.82) is 0 Å². The van der Waals surface area contributed by atoms with E-state index in [1.807, 2.05) is 0 Å². The maximum absolute atomic E-state index is 10.6. The zero-order valence-electron chi connectivity index (χ0n) is 14.5. The monoisotopic (exact) mass is 448 g/mol. The molecule has 0 aliphatic heterocycles. The minimum Gasteiger partial charge on any atom is -0.260 e. The predicted octanol–water partition coefficient (Wildman–Crippen LogP) is 8.08. The van der Waals surface area contributed by atoms with E-state index in [-0.39, 0.29) is 15.7 Å². The summed E-state index contributed by atoms with van der Waals surface area (Å²) in [4.78, 5) is 10.2. The van der Waals surface area contributed by atoms with Crippen molar-refractivity contribution in [2.45, 2.75) is 0 Å². The molecular formula is C18H11Cl3N6O2. The van der Waals surface area contributed by atoms with Gasteiger partial charge < -0.3 is 0 Å². The molecule has 8 nitrogen and oxygen atoms in total. The third-order valence-corrected chi connectivity index (χ3v) is 4.31. The van der Waals surface area contributed by atoms with Gasteiger partial charge in [-0.15, -0.1) is 5.11 Å². The Hall–Kier alpha value is -3.07. The smallest absolute Gasteiger partial charge is 0.260 e. The fraction of sp³-hybridized carbons (Fsp3) is 0. The second-order valence-corrected chi connectivity index (χ2v) is 6.80. The van der Waals surface area contributed by atoms with Crippen molar-refractivity contribution in [3.05, 3.63) is 85.8 Å². The van der Waals surface area contributed by atoms with Gasteiger partial charge in [-0.3, -0.25) is 15.5 Å². The quantitative estimate of drug-likeness (QED) is 0.233. The van der Waals surface area contributed by atoms with Crippen LogP contribution in [0.1, 0.15) is 0 Å². The van der Waals surface area contributed by atoms with E-state index in [0.29, 0.717) is 27.8 Å². The van der Waals surface area contributed by atoms with Crippen molar-refractivity contribution in [3.8, 4) is 0 Å². The van der Waals surface area contributed by atoms with Gasteiger partial charge in [0.15, 0.2) is 0 Å². The number of halogens is 3. The van der Waals surface area contributed by atoms with E-state index in [1.54, 1.807) is 24.3 Å². The molecule has 29 heavy (non-hydrogen) atoms. The minimum absolute atomic E-state index is 0.00489. The predicted molar refractivity (Wildman–Crippen MR) is 113 cm³/mol. The number of non-ortho nitro benzene ring substituents is 1. The number of azo groups is 1. The van der Waals surface area contributed by atoms with Crippen molar-refractivity contribution >= 4 is 63.2 Å². The van der Waals surface area contributed by atoms with Crippen LogP contribution in [0, 0.1) is 10.1 Å². The number of nitrogens with zero attached hydrogens (tertiary/aromatic N) is 5. The summed E-state index contributed by atoms with van der Waals surface area (Å²) in [5.41, 5.74) is 4.80. The van der Waals surface area contributed by atoms with Crippen LogP contribution >= 0.6 is 34.8 Å². The van der Waals surface area contributed by atoms with Crippen LogP contribution in [0.2, 0.25) is 15.1 Å². The Morgan fingerprint density at radius 2 is 1.31 bits per heavy atom. The van der Waals surface area contributed by atoms with Gasteiger partial charge in [0.2, 0.25) is 0 Å². The van der Waals surface area contributed by atoms with Crippen molar-refractivity contribution in [3.63, 3.8) is 0 Å². The van der Waals surface area contributed by atoms with Crippen LogP contribution < -0.4 is 5.43 Å². The molecule has 3 aromatic carbocycles. The maximum Gasteiger partial charge on any atom is 0.269 e. The minimum atomic E-state index is -0.473. The molecule has 0 saturated carbocycles. The molecule has 0 atom stereocenters. The van der Waals surface area contributed by atoms with Crippen LogP contribution in [0.3, 0.4) is 0 Å². The number of hydrogen-bond acceptors (Lipinski definition) is 6. The van der Waals surface area contributed by atoms with Gasteiger partial charge in [-0.2, -0.15) is 10.2 Å². The van der Waals surface area contributed by atoms with Gasteiger partial charge in [-0.05, 0) is 48.5 Å². The topological polar surface area (TPSA) is 105 Å². The number of rotatable bonds is 6. The number of nitro benzene ring substituents is 1. The lowest BCUT2D eigenvalue weighted by Crippen LogP contribution is -1.85. The van der Waals surface area contributed by atoms with Gasteiger partial charge >= 0.3 is 0 Å². The third-order valence-electron chi connectivity index (χ3n) is 3.52. The molecule has 3 rings (SSSR count). The highest BCUT2D eigenvalue weighted by Crippen LogP contribution is 2.36. The molecule has 0 aliphatic rings. The summed E-state index contributed by atoms with van der Waals surface area (Å²) in [6.07, 6.45) is 0. The van der Waals surface area contributed by atoms with E-state index in [0.717, 1.165) is 0 Å². The van der Waals surface area contributed by atoms with Gasteiger partial charge in [0.05, 0.1) is 32.0 Å². The van der Waals surface area contributed by atoms with Crippen molar-refractivity contribution in [2.75, 3.05) is 5.43 Å². The molecule has 0 unspecified atom stereocenters. The third kappa shape index (κ3) is 5.71. The van der Waals surface area contributed by atoms with Gasteiger partial charge in [0, 0.05) is 17.2 Å². The largest absolute Gasteiger partial charge is 0.269 e. The Bertz CT molecular complexity index is 1060. The van der Waals surface area contributed by atoms with Crippen molar-refractivity contribution < 1.29 is 4.92 Å². The summed E-state index contributed by atoms with van der Waals surface area (Å²) in [7, 11) is 0. The van der Waals surface area contributed by atoms with E-state index < -0.39 is 4.92 Å².